The molecule has 5 heteroatoms. The summed E-state index contributed by atoms with van der Waals surface area (Å²) in [5.74, 6) is -1.11. The molecular formula is C20H26ClNO3. The molecule has 25 heavy (non-hydrogen) atoms. The van der Waals surface area contributed by atoms with Gasteiger partial charge in [-0.3, -0.25) is 14.2 Å². The van der Waals surface area contributed by atoms with Gasteiger partial charge in [0, 0.05) is 28.9 Å². The molecule has 0 aliphatic rings. The minimum Gasteiger partial charge on any atom is -0.481 e. The number of aryl methyl sites for hydroxylation is 1. The molecule has 1 atom stereocenters. The van der Waals surface area contributed by atoms with Crippen molar-refractivity contribution in [1.82, 2.24) is 4.57 Å². The molecule has 136 valence electrons. The standard InChI is InChI=1S/C20H26ClNO3/c1-3-4-5-6-7-17-13-15-12-16(21)8-9-18(15)22(17)19(23)10-14(2)11-20(24)25/h8-9,12-14H,3-7,10-11H2,1-2H3,(H,24,25). The normalized spacial score (nSPS) is 12.4. The van der Waals surface area contributed by atoms with Crippen molar-refractivity contribution < 1.29 is 14.7 Å². The number of aliphatic carboxylic acids is 1. The third-order valence-corrected chi connectivity index (χ3v) is 4.66. The van der Waals surface area contributed by atoms with E-state index in [0.717, 1.165) is 35.9 Å². The van der Waals surface area contributed by atoms with Crippen molar-refractivity contribution in [2.45, 2.75) is 58.8 Å². The third kappa shape index (κ3) is 5.33. The summed E-state index contributed by atoms with van der Waals surface area (Å²) in [5, 5.41) is 10.5. The van der Waals surface area contributed by atoms with E-state index in [4.69, 9.17) is 16.7 Å². The highest BCUT2D eigenvalue weighted by Gasteiger charge is 2.19. The quantitative estimate of drug-likeness (QED) is 0.593. The van der Waals surface area contributed by atoms with Crippen LogP contribution in [0.1, 0.15) is 62.9 Å². The zero-order valence-electron chi connectivity index (χ0n) is 14.9. The monoisotopic (exact) mass is 363 g/mol. The number of carboxylic acids is 1. The molecule has 0 saturated heterocycles. The van der Waals surface area contributed by atoms with Gasteiger partial charge in [-0.25, -0.2) is 0 Å². The van der Waals surface area contributed by atoms with Crippen LogP contribution >= 0.6 is 11.6 Å². The molecule has 0 saturated carbocycles. The van der Waals surface area contributed by atoms with Gasteiger partial charge in [-0.2, -0.15) is 0 Å². The van der Waals surface area contributed by atoms with Gasteiger partial charge < -0.3 is 5.11 Å². The maximum Gasteiger partial charge on any atom is 0.303 e. The van der Waals surface area contributed by atoms with Crippen LogP contribution in [0.15, 0.2) is 24.3 Å². The Morgan fingerprint density at radius 2 is 1.92 bits per heavy atom. The molecule has 1 aromatic carbocycles. The van der Waals surface area contributed by atoms with Gasteiger partial charge in [0.2, 0.25) is 5.91 Å². The smallest absolute Gasteiger partial charge is 0.303 e. The summed E-state index contributed by atoms with van der Waals surface area (Å²) in [6, 6.07) is 7.56. The first-order chi connectivity index (χ1) is 11.9. The van der Waals surface area contributed by atoms with Crippen molar-refractivity contribution in [3.05, 3.63) is 35.0 Å². The highest BCUT2D eigenvalue weighted by Crippen LogP contribution is 2.26. The van der Waals surface area contributed by atoms with Crippen LogP contribution in [-0.4, -0.2) is 21.6 Å². The van der Waals surface area contributed by atoms with Crippen LogP contribution in [0.2, 0.25) is 5.02 Å². The first kappa shape index (κ1) is 19.5. The van der Waals surface area contributed by atoms with E-state index < -0.39 is 5.97 Å². The minimum atomic E-state index is -0.871. The van der Waals surface area contributed by atoms with Gasteiger partial charge in [0.05, 0.1) is 5.52 Å². The zero-order valence-corrected chi connectivity index (χ0v) is 15.7. The molecule has 2 aromatic rings. The van der Waals surface area contributed by atoms with Crippen LogP contribution in [0, 0.1) is 5.92 Å². The Balaban J connectivity index is 2.27. The number of fused-ring (bicyclic) bond motifs is 1. The van der Waals surface area contributed by atoms with Gasteiger partial charge in [-0.05, 0) is 43.0 Å². The number of hydrogen-bond donors (Lipinski definition) is 1. The Hall–Kier alpha value is -1.81. The Kier molecular flexibility index (Phi) is 7.06. The lowest BCUT2D eigenvalue weighted by atomic mass is 10.0. The van der Waals surface area contributed by atoms with Gasteiger partial charge >= 0.3 is 5.97 Å². The van der Waals surface area contributed by atoms with E-state index in [0.29, 0.717) is 5.02 Å². The van der Waals surface area contributed by atoms with Crippen LogP contribution < -0.4 is 0 Å². The Labute approximate surface area is 153 Å². The number of halogens is 1. The average molecular weight is 364 g/mol. The predicted octanol–water partition coefficient (Wildman–Crippen LogP) is 5.56. The summed E-state index contributed by atoms with van der Waals surface area (Å²) in [5.41, 5.74) is 1.84. The summed E-state index contributed by atoms with van der Waals surface area (Å²) in [7, 11) is 0. The SMILES string of the molecule is CCCCCCc1cc2cc(Cl)ccc2n1C(=O)CC(C)CC(=O)O. The largest absolute Gasteiger partial charge is 0.481 e. The maximum atomic E-state index is 12.8. The molecule has 1 N–H and O–H groups in total. The molecular weight excluding hydrogens is 338 g/mol. The molecule has 2 rings (SSSR count). The summed E-state index contributed by atoms with van der Waals surface area (Å²) in [6.07, 6.45) is 5.60. The highest BCUT2D eigenvalue weighted by atomic mass is 35.5. The lowest BCUT2D eigenvalue weighted by Gasteiger charge is -2.13. The van der Waals surface area contributed by atoms with Crippen LogP contribution in [0.25, 0.3) is 10.9 Å². The van der Waals surface area contributed by atoms with Gasteiger partial charge in [-0.15, -0.1) is 0 Å². The summed E-state index contributed by atoms with van der Waals surface area (Å²) in [4.78, 5) is 23.7. The van der Waals surface area contributed by atoms with Gasteiger partial charge in [-0.1, -0.05) is 44.7 Å². The Bertz CT molecular complexity index is 751. The van der Waals surface area contributed by atoms with E-state index in [1.165, 1.54) is 12.8 Å². The van der Waals surface area contributed by atoms with E-state index in [1.54, 1.807) is 17.6 Å². The number of rotatable bonds is 9. The average Bonchev–Trinajstić information content (AvgIpc) is 2.87. The molecule has 0 amide bonds. The van der Waals surface area contributed by atoms with Crippen LogP contribution in [0.3, 0.4) is 0 Å². The number of unbranched alkanes of at least 4 members (excludes halogenated alkanes) is 3. The van der Waals surface area contributed by atoms with Crippen LogP contribution in [0.5, 0.6) is 0 Å². The van der Waals surface area contributed by atoms with Gasteiger partial charge in [0.25, 0.3) is 0 Å². The first-order valence-electron chi connectivity index (χ1n) is 8.97. The number of aromatic nitrogens is 1. The molecule has 1 aromatic heterocycles. The Morgan fingerprint density at radius 1 is 1.16 bits per heavy atom. The summed E-state index contributed by atoms with van der Waals surface area (Å²) >= 11 is 6.09. The molecule has 0 fully saturated rings. The van der Waals surface area contributed by atoms with E-state index in [2.05, 4.69) is 6.92 Å². The number of carboxylic acid groups (broad SMARTS) is 1. The second-order valence-electron chi connectivity index (χ2n) is 6.79. The fourth-order valence-corrected chi connectivity index (χ4v) is 3.39. The van der Waals surface area contributed by atoms with E-state index in [1.807, 2.05) is 18.2 Å². The van der Waals surface area contributed by atoms with Crippen molar-refractivity contribution >= 4 is 34.4 Å². The van der Waals surface area contributed by atoms with E-state index in [9.17, 15) is 9.59 Å². The lowest BCUT2D eigenvalue weighted by molar-refractivity contribution is -0.137. The molecule has 0 radical (unpaired) electrons. The minimum absolute atomic E-state index is 0.00258. The molecule has 1 unspecified atom stereocenters. The van der Waals surface area contributed by atoms with Gasteiger partial charge in [0.1, 0.15) is 0 Å². The number of hydrogen-bond acceptors (Lipinski definition) is 2. The maximum absolute atomic E-state index is 12.8. The van der Waals surface area contributed by atoms with Crippen molar-refractivity contribution in [1.29, 1.82) is 0 Å². The molecule has 0 bridgehead atoms. The fraction of sp³-hybridized carbons (Fsp3) is 0.500. The summed E-state index contributed by atoms with van der Waals surface area (Å²) in [6.45, 7) is 3.97. The summed E-state index contributed by atoms with van der Waals surface area (Å²) < 4.78 is 1.76. The van der Waals surface area contributed by atoms with Crippen molar-refractivity contribution in [3.63, 3.8) is 0 Å². The molecule has 0 aliphatic carbocycles. The van der Waals surface area contributed by atoms with Gasteiger partial charge in [0.15, 0.2) is 0 Å². The second kappa shape index (κ2) is 9.04. The number of nitrogens with zero attached hydrogens (tertiary/aromatic N) is 1. The van der Waals surface area contributed by atoms with Crippen LogP contribution in [0.4, 0.5) is 0 Å². The number of carbonyl (C=O) groups is 2. The topological polar surface area (TPSA) is 59.3 Å². The number of benzene rings is 1. The fourth-order valence-electron chi connectivity index (χ4n) is 3.21. The van der Waals surface area contributed by atoms with Crippen molar-refractivity contribution in [2.75, 3.05) is 0 Å². The van der Waals surface area contributed by atoms with E-state index >= 15 is 0 Å². The lowest BCUT2D eigenvalue weighted by Crippen LogP contribution is -2.18. The molecule has 4 nitrogen and oxygen atoms in total. The second-order valence-corrected chi connectivity index (χ2v) is 7.22. The molecule has 0 spiro atoms. The predicted molar refractivity (Wildman–Crippen MR) is 101 cm³/mol. The zero-order chi connectivity index (χ0) is 18.4. The molecule has 0 aliphatic heterocycles. The Morgan fingerprint density at radius 3 is 2.60 bits per heavy atom. The van der Waals surface area contributed by atoms with Crippen molar-refractivity contribution in [3.8, 4) is 0 Å². The molecule has 1 heterocycles. The number of carbonyl (C=O) groups excluding carboxylic acids is 1. The highest BCUT2D eigenvalue weighted by molar-refractivity contribution is 6.31. The van der Waals surface area contributed by atoms with Crippen molar-refractivity contribution in [2.24, 2.45) is 5.92 Å². The van der Waals surface area contributed by atoms with E-state index in [-0.39, 0.29) is 24.7 Å². The van der Waals surface area contributed by atoms with Crippen LogP contribution in [-0.2, 0) is 11.2 Å². The first-order valence-corrected chi connectivity index (χ1v) is 9.35. The third-order valence-electron chi connectivity index (χ3n) is 4.42.